The van der Waals surface area contributed by atoms with Crippen molar-refractivity contribution in [3.05, 3.63) is 0 Å². The second kappa shape index (κ2) is 4.99. The molecule has 76 valence electrons. The van der Waals surface area contributed by atoms with Crippen molar-refractivity contribution in [3.8, 4) is 0 Å². The van der Waals surface area contributed by atoms with Crippen LogP contribution in [0.25, 0.3) is 0 Å². The molecule has 0 unspecified atom stereocenters. The van der Waals surface area contributed by atoms with E-state index < -0.39 is 0 Å². The van der Waals surface area contributed by atoms with Crippen molar-refractivity contribution in [2.45, 2.75) is 51.4 Å². The first kappa shape index (κ1) is 9.51. The van der Waals surface area contributed by atoms with Gasteiger partial charge in [-0.15, -0.1) is 0 Å². The minimum atomic E-state index is 0.944. The molecule has 1 aliphatic carbocycles. The van der Waals surface area contributed by atoms with Crippen LogP contribution in [0.3, 0.4) is 0 Å². The zero-order valence-electron chi connectivity index (χ0n) is 8.63. The van der Waals surface area contributed by atoms with Crippen LogP contribution in [0, 0.1) is 11.8 Å². The number of fused-ring (bicyclic) bond motifs is 1. The van der Waals surface area contributed by atoms with E-state index >= 15 is 0 Å². The minimum absolute atomic E-state index is 0.944. The summed E-state index contributed by atoms with van der Waals surface area (Å²) < 4.78 is 5.66. The molecule has 0 aromatic heterocycles. The van der Waals surface area contributed by atoms with Gasteiger partial charge in [-0.3, -0.25) is 0 Å². The Morgan fingerprint density at radius 3 is 2.46 bits per heavy atom. The fourth-order valence-electron chi connectivity index (χ4n) is 2.42. The summed E-state index contributed by atoms with van der Waals surface area (Å²) in [6.45, 7) is 2.08. The monoisotopic (exact) mass is 182 g/mol. The molecule has 0 N–H and O–H groups in total. The molecule has 1 aliphatic heterocycles. The van der Waals surface area contributed by atoms with E-state index in [1.807, 2.05) is 0 Å². The summed E-state index contributed by atoms with van der Waals surface area (Å²) in [6.07, 6.45) is 11.4. The van der Waals surface area contributed by atoms with Gasteiger partial charge in [0.05, 0.1) is 0 Å². The van der Waals surface area contributed by atoms with Gasteiger partial charge in [0.2, 0.25) is 0 Å². The summed E-state index contributed by atoms with van der Waals surface area (Å²) in [7, 11) is 0. The molecule has 13 heavy (non-hydrogen) atoms. The molecule has 1 nitrogen and oxygen atoms in total. The Balaban J connectivity index is 1.66. The largest absolute Gasteiger partial charge is 0.381 e. The predicted molar refractivity (Wildman–Crippen MR) is 54.7 cm³/mol. The van der Waals surface area contributed by atoms with Crippen LogP contribution < -0.4 is 0 Å². The van der Waals surface area contributed by atoms with Crippen LogP contribution >= 0.6 is 0 Å². The first-order valence-corrected chi connectivity index (χ1v) is 6.04. The van der Waals surface area contributed by atoms with Crippen molar-refractivity contribution >= 4 is 0 Å². The van der Waals surface area contributed by atoms with E-state index in [2.05, 4.69) is 0 Å². The molecule has 2 atom stereocenters. The normalized spacial score (nSPS) is 36.9. The highest BCUT2D eigenvalue weighted by Gasteiger charge is 2.35. The summed E-state index contributed by atoms with van der Waals surface area (Å²) in [5, 5.41) is 0. The molecule has 1 heterocycles. The standard InChI is InChI=1S/C12H22O/c1-2-4-6-8-13-10-12-9-11(12)7-5-3-1/h11-12H,1-10H2/t11-,12-/m0/s1. The van der Waals surface area contributed by atoms with Crippen LogP contribution in [0.15, 0.2) is 0 Å². The van der Waals surface area contributed by atoms with Gasteiger partial charge in [-0.1, -0.05) is 38.5 Å². The molecule has 2 fully saturated rings. The van der Waals surface area contributed by atoms with E-state index in [1.165, 1.54) is 51.4 Å². The molecule has 0 aromatic rings. The maximum Gasteiger partial charge on any atom is 0.0497 e. The van der Waals surface area contributed by atoms with Gasteiger partial charge in [0.1, 0.15) is 0 Å². The lowest BCUT2D eigenvalue weighted by molar-refractivity contribution is 0.116. The van der Waals surface area contributed by atoms with Crippen molar-refractivity contribution < 1.29 is 4.74 Å². The van der Waals surface area contributed by atoms with E-state index in [-0.39, 0.29) is 0 Å². The quantitative estimate of drug-likeness (QED) is 0.558. The lowest BCUT2D eigenvalue weighted by Gasteiger charge is -2.06. The summed E-state index contributed by atoms with van der Waals surface area (Å²) in [5.41, 5.74) is 0. The van der Waals surface area contributed by atoms with Crippen molar-refractivity contribution in [1.82, 2.24) is 0 Å². The Labute approximate surface area is 81.9 Å². The molecule has 0 spiro atoms. The Bertz CT molecular complexity index is 128. The van der Waals surface area contributed by atoms with Crippen LogP contribution in [-0.2, 0) is 4.74 Å². The van der Waals surface area contributed by atoms with Crippen LogP contribution in [0.5, 0.6) is 0 Å². The minimum Gasteiger partial charge on any atom is -0.381 e. The SMILES string of the molecule is C1CCCC[C@H]2C[C@H]2COCCC1. The second-order valence-corrected chi connectivity index (χ2v) is 4.74. The molecule has 0 amide bonds. The summed E-state index contributed by atoms with van der Waals surface area (Å²) in [5.74, 6) is 1.99. The molecular weight excluding hydrogens is 160 g/mol. The van der Waals surface area contributed by atoms with E-state index in [9.17, 15) is 0 Å². The van der Waals surface area contributed by atoms with Gasteiger partial charge in [0.25, 0.3) is 0 Å². The second-order valence-electron chi connectivity index (χ2n) is 4.74. The average molecular weight is 182 g/mol. The first-order valence-electron chi connectivity index (χ1n) is 6.04. The zero-order chi connectivity index (χ0) is 8.93. The Morgan fingerprint density at radius 1 is 0.769 bits per heavy atom. The highest BCUT2D eigenvalue weighted by Crippen LogP contribution is 2.42. The molecule has 1 saturated carbocycles. The first-order chi connectivity index (χ1) is 6.47. The third-order valence-electron chi connectivity index (χ3n) is 3.51. The molecule has 1 heteroatoms. The molecule has 2 rings (SSSR count). The molecule has 0 bridgehead atoms. The van der Waals surface area contributed by atoms with E-state index in [1.54, 1.807) is 0 Å². The Morgan fingerprint density at radius 2 is 1.54 bits per heavy atom. The van der Waals surface area contributed by atoms with Crippen LogP contribution in [0.2, 0.25) is 0 Å². The number of rotatable bonds is 0. The Kier molecular flexibility index (Phi) is 3.65. The van der Waals surface area contributed by atoms with Gasteiger partial charge < -0.3 is 4.74 Å². The number of hydrogen-bond donors (Lipinski definition) is 0. The van der Waals surface area contributed by atoms with Crippen molar-refractivity contribution in [2.75, 3.05) is 13.2 Å². The maximum absolute atomic E-state index is 5.66. The number of ether oxygens (including phenoxy) is 1. The predicted octanol–water partition coefficient (Wildman–Crippen LogP) is 3.38. The smallest absolute Gasteiger partial charge is 0.0497 e. The highest BCUT2D eigenvalue weighted by molar-refractivity contribution is 4.85. The molecule has 1 saturated heterocycles. The summed E-state index contributed by atoms with van der Waals surface area (Å²) in [6, 6.07) is 0. The topological polar surface area (TPSA) is 9.23 Å². The van der Waals surface area contributed by atoms with Crippen molar-refractivity contribution in [1.29, 1.82) is 0 Å². The van der Waals surface area contributed by atoms with Crippen LogP contribution in [-0.4, -0.2) is 13.2 Å². The summed E-state index contributed by atoms with van der Waals surface area (Å²) >= 11 is 0. The third-order valence-corrected chi connectivity index (χ3v) is 3.51. The van der Waals surface area contributed by atoms with Crippen molar-refractivity contribution in [3.63, 3.8) is 0 Å². The fourth-order valence-corrected chi connectivity index (χ4v) is 2.42. The molecular formula is C12H22O. The summed E-state index contributed by atoms with van der Waals surface area (Å²) in [4.78, 5) is 0. The highest BCUT2D eigenvalue weighted by atomic mass is 16.5. The van der Waals surface area contributed by atoms with Gasteiger partial charge in [-0.25, -0.2) is 0 Å². The lowest BCUT2D eigenvalue weighted by Crippen LogP contribution is -2.01. The molecule has 0 aromatic carbocycles. The van der Waals surface area contributed by atoms with Crippen molar-refractivity contribution in [2.24, 2.45) is 11.8 Å². The van der Waals surface area contributed by atoms with Gasteiger partial charge in [-0.2, -0.15) is 0 Å². The van der Waals surface area contributed by atoms with Crippen LogP contribution in [0.1, 0.15) is 51.4 Å². The molecule has 0 radical (unpaired) electrons. The zero-order valence-corrected chi connectivity index (χ0v) is 8.63. The average Bonchev–Trinajstić information content (AvgIpc) is 2.83. The lowest BCUT2D eigenvalue weighted by atomic mass is 10.1. The third kappa shape index (κ3) is 3.30. The van der Waals surface area contributed by atoms with E-state index in [0.717, 1.165) is 25.0 Å². The molecule has 2 aliphatic rings. The van der Waals surface area contributed by atoms with Gasteiger partial charge in [0, 0.05) is 13.2 Å². The van der Waals surface area contributed by atoms with E-state index in [0.29, 0.717) is 0 Å². The van der Waals surface area contributed by atoms with Crippen LogP contribution in [0.4, 0.5) is 0 Å². The van der Waals surface area contributed by atoms with Gasteiger partial charge in [0.15, 0.2) is 0 Å². The maximum atomic E-state index is 5.66. The Hall–Kier alpha value is -0.0400. The van der Waals surface area contributed by atoms with Gasteiger partial charge >= 0.3 is 0 Å². The number of hydrogen-bond acceptors (Lipinski definition) is 1. The van der Waals surface area contributed by atoms with Gasteiger partial charge in [-0.05, 0) is 24.7 Å². The fraction of sp³-hybridized carbons (Fsp3) is 1.00. The van der Waals surface area contributed by atoms with E-state index in [4.69, 9.17) is 4.74 Å².